The second-order valence-corrected chi connectivity index (χ2v) is 4.41. The molecule has 3 aromatic rings. The number of nitrogens with two attached hydrogens (primary N) is 1. The number of fused-ring (bicyclic) bond motifs is 1. The zero-order valence-corrected chi connectivity index (χ0v) is 10.8. The van der Waals surface area contributed by atoms with Crippen molar-refractivity contribution >= 4 is 16.8 Å². The number of oxazole rings is 1. The van der Waals surface area contributed by atoms with Gasteiger partial charge in [0.05, 0.1) is 12.7 Å². The normalized spacial score (nSPS) is 10.8. The molecule has 3 rings (SSSR count). The summed E-state index contributed by atoms with van der Waals surface area (Å²) in [4.78, 5) is 4.49. The molecule has 0 bridgehead atoms. The van der Waals surface area contributed by atoms with E-state index in [4.69, 9.17) is 14.9 Å². The topological polar surface area (TPSA) is 61.3 Å². The van der Waals surface area contributed by atoms with Gasteiger partial charge in [-0.25, -0.2) is 4.98 Å². The number of benzene rings is 2. The maximum atomic E-state index is 5.84. The lowest BCUT2D eigenvalue weighted by Crippen LogP contribution is -1.87. The van der Waals surface area contributed by atoms with Crippen LogP contribution in [0.4, 0.5) is 5.69 Å². The second-order valence-electron chi connectivity index (χ2n) is 4.41. The zero-order valence-electron chi connectivity index (χ0n) is 10.8. The van der Waals surface area contributed by atoms with Crippen LogP contribution >= 0.6 is 0 Å². The van der Waals surface area contributed by atoms with Crippen LogP contribution in [0, 0.1) is 6.92 Å². The van der Waals surface area contributed by atoms with Crippen molar-refractivity contribution in [3.63, 3.8) is 0 Å². The minimum Gasteiger partial charge on any atom is -0.496 e. The van der Waals surface area contributed by atoms with Crippen LogP contribution in [0.5, 0.6) is 5.75 Å². The zero-order chi connectivity index (χ0) is 13.4. The molecule has 96 valence electrons. The lowest BCUT2D eigenvalue weighted by Gasteiger charge is -2.03. The maximum Gasteiger partial charge on any atom is 0.231 e. The largest absolute Gasteiger partial charge is 0.496 e. The van der Waals surface area contributed by atoms with Gasteiger partial charge in [-0.2, -0.15) is 0 Å². The lowest BCUT2D eigenvalue weighted by atomic mass is 10.2. The number of methoxy groups -OCH3 is 1. The fourth-order valence-corrected chi connectivity index (χ4v) is 2.16. The molecular formula is C15H14N2O2. The van der Waals surface area contributed by atoms with E-state index in [2.05, 4.69) is 4.98 Å². The van der Waals surface area contributed by atoms with Crippen LogP contribution in [0.1, 0.15) is 5.56 Å². The van der Waals surface area contributed by atoms with Gasteiger partial charge >= 0.3 is 0 Å². The third kappa shape index (κ3) is 1.91. The number of anilines is 1. The molecule has 0 aliphatic carbocycles. The molecule has 19 heavy (non-hydrogen) atoms. The average Bonchev–Trinajstić information content (AvgIpc) is 2.82. The highest BCUT2D eigenvalue weighted by molar-refractivity contribution is 5.83. The predicted molar refractivity (Wildman–Crippen MR) is 75.1 cm³/mol. The Morgan fingerprint density at radius 2 is 2.00 bits per heavy atom. The predicted octanol–water partition coefficient (Wildman–Crippen LogP) is 3.39. The summed E-state index contributed by atoms with van der Waals surface area (Å²) in [5.41, 5.74) is 9.84. The number of aryl methyl sites for hydroxylation is 1. The summed E-state index contributed by atoms with van der Waals surface area (Å²) in [5, 5.41) is 0. The minimum atomic E-state index is 0.543. The van der Waals surface area contributed by atoms with E-state index in [9.17, 15) is 0 Å². The summed E-state index contributed by atoms with van der Waals surface area (Å²) in [7, 11) is 1.63. The highest BCUT2D eigenvalue weighted by Crippen LogP contribution is 2.33. The van der Waals surface area contributed by atoms with E-state index < -0.39 is 0 Å². The van der Waals surface area contributed by atoms with Gasteiger partial charge in [0.2, 0.25) is 5.89 Å². The van der Waals surface area contributed by atoms with Gasteiger partial charge in [0, 0.05) is 5.69 Å². The van der Waals surface area contributed by atoms with Crippen molar-refractivity contribution in [3.05, 3.63) is 42.0 Å². The Bertz CT molecular complexity index is 747. The number of rotatable bonds is 2. The molecule has 1 heterocycles. The van der Waals surface area contributed by atoms with Crippen molar-refractivity contribution in [2.75, 3.05) is 12.8 Å². The summed E-state index contributed by atoms with van der Waals surface area (Å²) in [5.74, 6) is 1.28. The van der Waals surface area contributed by atoms with Crippen LogP contribution in [0.2, 0.25) is 0 Å². The van der Waals surface area contributed by atoms with Crippen molar-refractivity contribution in [1.82, 2.24) is 4.98 Å². The molecule has 1 aromatic heterocycles. The molecule has 0 spiro atoms. The first-order chi connectivity index (χ1) is 9.19. The molecule has 0 radical (unpaired) electrons. The molecule has 0 aliphatic heterocycles. The molecule has 4 heteroatoms. The highest BCUT2D eigenvalue weighted by Gasteiger charge is 2.14. The van der Waals surface area contributed by atoms with E-state index in [1.165, 1.54) is 0 Å². The number of nitrogens with zero attached hydrogens (tertiary/aromatic N) is 1. The van der Waals surface area contributed by atoms with Gasteiger partial charge in [-0.15, -0.1) is 0 Å². The van der Waals surface area contributed by atoms with Crippen molar-refractivity contribution in [1.29, 1.82) is 0 Å². The number of aromatic nitrogens is 1. The molecule has 0 saturated heterocycles. The van der Waals surface area contributed by atoms with Crippen LogP contribution in [-0.2, 0) is 0 Å². The van der Waals surface area contributed by atoms with Crippen molar-refractivity contribution in [3.8, 4) is 17.2 Å². The number of para-hydroxylation sites is 1. The first-order valence-corrected chi connectivity index (χ1v) is 5.99. The molecule has 4 nitrogen and oxygen atoms in total. The molecule has 0 atom stereocenters. The summed E-state index contributed by atoms with van der Waals surface area (Å²) in [6, 6.07) is 11.3. The standard InChI is InChI=1S/C15H14N2O2/c1-9-7-10(16)8-12-14(9)19-15(17-12)11-5-3-4-6-13(11)18-2/h3-8H,16H2,1-2H3. The average molecular weight is 254 g/mol. The van der Waals surface area contributed by atoms with Crippen molar-refractivity contribution < 1.29 is 9.15 Å². The summed E-state index contributed by atoms with van der Waals surface area (Å²) in [6.45, 7) is 1.95. The minimum absolute atomic E-state index is 0.543. The van der Waals surface area contributed by atoms with Crippen LogP contribution in [0.3, 0.4) is 0 Å². The Balaban J connectivity index is 2.23. The van der Waals surface area contributed by atoms with E-state index in [1.807, 2.05) is 43.3 Å². The fourth-order valence-electron chi connectivity index (χ4n) is 2.16. The third-order valence-corrected chi connectivity index (χ3v) is 3.04. The number of nitrogen functional groups attached to an aromatic ring is 1. The molecular weight excluding hydrogens is 240 g/mol. The second kappa shape index (κ2) is 4.31. The van der Waals surface area contributed by atoms with Crippen LogP contribution in [0.15, 0.2) is 40.8 Å². The third-order valence-electron chi connectivity index (χ3n) is 3.04. The number of hydrogen-bond acceptors (Lipinski definition) is 4. The summed E-state index contributed by atoms with van der Waals surface area (Å²) in [6.07, 6.45) is 0. The Morgan fingerprint density at radius 1 is 1.21 bits per heavy atom. The van der Waals surface area contributed by atoms with Gasteiger partial charge in [0.25, 0.3) is 0 Å². The Morgan fingerprint density at radius 3 is 2.79 bits per heavy atom. The van der Waals surface area contributed by atoms with E-state index in [0.29, 0.717) is 11.6 Å². The van der Waals surface area contributed by atoms with Crippen molar-refractivity contribution in [2.45, 2.75) is 6.92 Å². The highest BCUT2D eigenvalue weighted by atomic mass is 16.5. The fraction of sp³-hybridized carbons (Fsp3) is 0.133. The Hall–Kier alpha value is -2.49. The molecule has 2 N–H and O–H groups in total. The van der Waals surface area contributed by atoms with E-state index in [0.717, 1.165) is 28.0 Å². The van der Waals surface area contributed by atoms with Gasteiger partial charge < -0.3 is 14.9 Å². The van der Waals surface area contributed by atoms with Crippen LogP contribution in [0.25, 0.3) is 22.6 Å². The van der Waals surface area contributed by atoms with Gasteiger partial charge in [-0.3, -0.25) is 0 Å². The van der Waals surface area contributed by atoms with Crippen LogP contribution in [-0.4, -0.2) is 12.1 Å². The van der Waals surface area contributed by atoms with Gasteiger partial charge in [-0.05, 0) is 36.8 Å². The van der Waals surface area contributed by atoms with Crippen LogP contribution < -0.4 is 10.5 Å². The SMILES string of the molecule is COc1ccccc1-c1nc2cc(N)cc(C)c2o1. The molecule has 0 aliphatic rings. The van der Waals surface area contributed by atoms with Gasteiger partial charge in [0.1, 0.15) is 11.3 Å². The first-order valence-electron chi connectivity index (χ1n) is 5.99. The molecule has 0 fully saturated rings. The summed E-state index contributed by atoms with van der Waals surface area (Å²) >= 11 is 0. The molecule has 2 aromatic carbocycles. The molecule has 0 amide bonds. The number of ether oxygens (including phenoxy) is 1. The Labute approximate surface area is 110 Å². The maximum absolute atomic E-state index is 5.84. The van der Waals surface area contributed by atoms with E-state index >= 15 is 0 Å². The van der Waals surface area contributed by atoms with Crippen molar-refractivity contribution in [2.24, 2.45) is 0 Å². The van der Waals surface area contributed by atoms with E-state index in [-0.39, 0.29) is 0 Å². The summed E-state index contributed by atoms with van der Waals surface area (Å²) < 4.78 is 11.2. The molecule has 0 unspecified atom stereocenters. The first kappa shape index (κ1) is 11.6. The number of hydrogen-bond donors (Lipinski definition) is 1. The smallest absolute Gasteiger partial charge is 0.231 e. The monoisotopic (exact) mass is 254 g/mol. The lowest BCUT2D eigenvalue weighted by molar-refractivity contribution is 0.414. The van der Waals surface area contributed by atoms with Gasteiger partial charge in [0.15, 0.2) is 5.58 Å². The quantitative estimate of drug-likeness (QED) is 0.712. The van der Waals surface area contributed by atoms with E-state index in [1.54, 1.807) is 7.11 Å². The van der Waals surface area contributed by atoms with Gasteiger partial charge in [-0.1, -0.05) is 12.1 Å². The Kier molecular flexibility index (Phi) is 2.63. The molecule has 0 saturated carbocycles.